The summed E-state index contributed by atoms with van der Waals surface area (Å²) >= 11 is 0. The van der Waals surface area contributed by atoms with Crippen LogP contribution in [-0.2, 0) is 60.4 Å². The number of non-ortho nitro benzene ring substituents is 4. The summed E-state index contributed by atoms with van der Waals surface area (Å²) in [7, 11) is -5.75. The topological polar surface area (TPSA) is 370 Å². The van der Waals surface area contributed by atoms with Crippen LogP contribution in [0.5, 0.6) is 0 Å². The Balaban J connectivity index is 0.00000109. The molecular formula is C96H80Cl2N8O16. The molecule has 0 saturated carbocycles. The van der Waals surface area contributed by atoms with Crippen LogP contribution in [0.15, 0.2) is 315 Å². The molecule has 0 spiro atoms. The van der Waals surface area contributed by atoms with Crippen molar-refractivity contribution in [2.75, 3.05) is 23.9 Å². The maximum absolute atomic E-state index is 12.8. The van der Waals surface area contributed by atoms with Crippen molar-refractivity contribution in [2.24, 2.45) is 0 Å². The lowest BCUT2D eigenvalue weighted by Gasteiger charge is -2.31. The average molecular weight is 1670 g/mol. The monoisotopic (exact) mass is 1670 g/mol. The van der Waals surface area contributed by atoms with Gasteiger partial charge >= 0.3 is 0 Å². The molecule has 4 aliphatic heterocycles. The van der Waals surface area contributed by atoms with Gasteiger partial charge in [0.2, 0.25) is 11.4 Å². The molecule has 13 aromatic carbocycles. The van der Waals surface area contributed by atoms with Crippen LogP contribution >= 0.6 is 0 Å². The molecule has 4 aliphatic rings. The molecule has 0 saturated heterocycles. The van der Waals surface area contributed by atoms with Crippen molar-refractivity contribution in [3.63, 3.8) is 0 Å². The zero-order valence-corrected chi connectivity index (χ0v) is 68.5. The minimum Gasteiger partial charge on any atom is -0.339 e. The molecule has 0 N–H and O–H groups in total. The van der Waals surface area contributed by atoms with Gasteiger partial charge in [-0.1, -0.05) is 170 Å². The van der Waals surface area contributed by atoms with Crippen molar-refractivity contribution in [3.8, 4) is 0 Å². The third-order valence-electron chi connectivity index (χ3n) is 24.2. The van der Waals surface area contributed by atoms with Gasteiger partial charge in [0.05, 0.1) is 30.5 Å². The predicted molar refractivity (Wildman–Crippen MR) is 447 cm³/mol. The summed E-state index contributed by atoms with van der Waals surface area (Å²) in [6.45, 7) is 9.84. The van der Waals surface area contributed by atoms with E-state index in [4.69, 9.17) is 37.3 Å². The van der Waals surface area contributed by atoms with Crippen LogP contribution in [0.4, 0.5) is 45.5 Å². The quantitative estimate of drug-likeness (QED) is 0.0388. The van der Waals surface area contributed by atoms with E-state index in [0.29, 0.717) is 38.8 Å². The normalized spacial score (nSPS) is 19.2. The molecule has 13 aromatic rings. The van der Waals surface area contributed by atoms with Crippen molar-refractivity contribution in [1.29, 1.82) is 0 Å². The Morgan fingerprint density at radius 1 is 0.320 bits per heavy atom. The Bertz CT molecular complexity index is 6170. The first-order valence-corrected chi connectivity index (χ1v) is 41.5. The van der Waals surface area contributed by atoms with Crippen LogP contribution in [-0.4, -0.2) is 54.4 Å². The number of nitro benzene ring substituents is 4. The van der Waals surface area contributed by atoms with Crippen LogP contribution in [0.2, 0.25) is 0 Å². The number of anilines is 2. The standard InChI is InChI=1S/C96H80N8O8.2ClHO4/c1-93(57-63-21-11-7-12-22-63)85(97(5)81-49-41-69-37-45-73(101(105)106)53-77(69)89(81)93)29-19-31-87-95(3,59-65-25-15-9-16-26-65)91-79-55-75(103(109)110)47-39-71(79)43-51-83(91)99(87)61-67-33-35-68(36-34-67)62-100-84-52-44-72-40-48-76(104(111)112)56-80(72)92(84)96(4,60-66-27-17-10-18-28-66)88(100)32-20-30-86-94(2,58-64-23-13-8-14-24-64)90-78-54-74(102(107)108)46-38-70(78)42-50-82(90)98(86)6;2*2-1(3,4)5/h7-56H,57-62H2,1-6H3;2*(H,2,3,4,5)/q+2;;/p-2. The number of benzene rings is 13. The van der Waals surface area contributed by atoms with E-state index in [-0.39, 0.29) is 42.4 Å². The third-order valence-corrected chi connectivity index (χ3v) is 24.2. The second-order valence-electron chi connectivity index (χ2n) is 31.9. The number of fused-ring (bicyclic) bond motifs is 12. The Labute approximate surface area is 705 Å². The van der Waals surface area contributed by atoms with E-state index in [1.54, 1.807) is 48.5 Å². The van der Waals surface area contributed by atoms with Crippen LogP contribution < -0.4 is 47.1 Å². The number of allylic oxidation sites excluding steroid dienone is 8. The van der Waals surface area contributed by atoms with Gasteiger partial charge in [-0.2, -0.15) is 9.15 Å². The summed E-state index contributed by atoms with van der Waals surface area (Å²) in [6.07, 6.45) is 15.4. The summed E-state index contributed by atoms with van der Waals surface area (Å²) in [5.74, 6) is 0. The van der Waals surface area contributed by atoms with E-state index in [0.717, 1.165) is 144 Å². The fourth-order valence-corrected chi connectivity index (χ4v) is 19.1. The van der Waals surface area contributed by atoms with Gasteiger partial charge in [0.25, 0.3) is 22.7 Å². The van der Waals surface area contributed by atoms with E-state index in [1.807, 2.05) is 109 Å². The van der Waals surface area contributed by atoms with Crippen molar-refractivity contribution < 1.29 is 86.6 Å². The van der Waals surface area contributed by atoms with Crippen molar-refractivity contribution in [3.05, 3.63) is 411 Å². The lowest BCUT2D eigenvalue weighted by atomic mass is 9.72. The van der Waals surface area contributed by atoms with Gasteiger partial charge in [0.15, 0.2) is 11.4 Å². The Morgan fingerprint density at radius 2 is 0.566 bits per heavy atom. The summed E-state index contributed by atoms with van der Waals surface area (Å²) in [5.41, 5.74) is 15.4. The maximum atomic E-state index is 12.8. The molecule has 17 rings (SSSR count). The van der Waals surface area contributed by atoms with Crippen molar-refractivity contribution in [2.45, 2.75) is 88.1 Å². The number of nitro groups is 4. The van der Waals surface area contributed by atoms with Crippen molar-refractivity contribution in [1.82, 2.24) is 0 Å². The molecule has 0 aliphatic carbocycles. The van der Waals surface area contributed by atoms with Gasteiger partial charge in [0, 0.05) is 131 Å². The van der Waals surface area contributed by atoms with Gasteiger partial charge in [-0.15, -0.1) is 20.5 Å². The molecule has 4 heterocycles. The largest absolute Gasteiger partial charge is 0.339 e. The number of rotatable bonds is 20. The smallest absolute Gasteiger partial charge is 0.270 e. The highest BCUT2D eigenvalue weighted by atomic mass is 35.7. The lowest BCUT2D eigenvalue weighted by molar-refractivity contribution is -2.00. The van der Waals surface area contributed by atoms with E-state index in [2.05, 4.69) is 206 Å². The van der Waals surface area contributed by atoms with Gasteiger partial charge < -0.3 is 9.80 Å². The van der Waals surface area contributed by atoms with E-state index >= 15 is 0 Å². The van der Waals surface area contributed by atoms with Gasteiger partial charge in [-0.3, -0.25) is 40.5 Å². The summed E-state index contributed by atoms with van der Waals surface area (Å²) < 4.78 is 72.4. The van der Waals surface area contributed by atoms with Gasteiger partial charge in [-0.05, 0) is 202 Å². The number of hydrogen-bond acceptors (Lipinski definition) is 18. The third kappa shape index (κ3) is 16.5. The molecule has 0 bridgehead atoms. The zero-order chi connectivity index (χ0) is 86.5. The molecule has 4 unspecified atom stereocenters. The molecule has 4 atom stereocenters. The first kappa shape index (κ1) is 83.7. The molecule has 0 radical (unpaired) electrons. The van der Waals surface area contributed by atoms with Crippen LogP contribution in [0.3, 0.4) is 0 Å². The number of hydrogen-bond donors (Lipinski definition) is 0. The fraction of sp³-hybridized carbons (Fsp3) is 0.167. The molecular weight excluding hydrogens is 1590 g/mol. The maximum Gasteiger partial charge on any atom is 0.270 e. The molecule has 26 heteroatoms. The van der Waals surface area contributed by atoms with E-state index in [1.165, 1.54) is 0 Å². The van der Waals surface area contributed by atoms with E-state index in [9.17, 15) is 40.5 Å². The molecule has 24 nitrogen and oxygen atoms in total. The average Bonchev–Trinajstić information content (AvgIpc) is 1.57. The molecule has 614 valence electrons. The van der Waals surface area contributed by atoms with Gasteiger partial charge in [-0.25, -0.2) is 37.3 Å². The molecule has 0 fully saturated rings. The van der Waals surface area contributed by atoms with Gasteiger partial charge in [0.1, 0.15) is 14.1 Å². The second kappa shape index (κ2) is 33.0. The second-order valence-corrected chi connectivity index (χ2v) is 33.4. The Morgan fingerprint density at radius 3 is 0.836 bits per heavy atom. The van der Waals surface area contributed by atoms with Crippen molar-refractivity contribution >= 4 is 100 Å². The highest BCUT2D eigenvalue weighted by molar-refractivity contribution is 6.10. The fourth-order valence-electron chi connectivity index (χ4n) is 19.1. The highest BCUT2D eigenvalue weighted by Crippen LogP contribution is 2.57. The zero-order valence-electron chi connectivity index (χ0n) is 67.0. The number of nitrogens with zero attached hydrogens (tertiary/aromatic N) is 8. The predicted octanol–water partition coefficient (Wildman–Crippen LogP) is 12.2. The van der Waals surface area contributed by atoms with Crippen LogP contribution in [0.25, 0.3) is 43.1 Å². The minimum absolute atomic E-state index is 0.00122. The summed E-state index contributed by atoms with van der Waals surface area (Å²) in [6, 6.07) is 87.5. The van der Waals surface area contributed by atoms with E-state index < -0.39 is 42.1 Å². The number of halogens is 2. The van der Waals surface area contributed by atoms with Crippen LogP contribution in [0, 0.1) is 60.9 Å². The molecule has 0 amide bonds. The summed E-state index contributed by atoms with van der Waals surface area (Å²) in [5, 5.41) is 57.3. The molecule has 0 aromatic heterocycles. The Kier molecular flexibility index (Phi) is 22.6. The summed E-state index contributed by atoms with van der Waals surface area (Å²) in [4.78, 5) is 53.9. The minimum atomic E-state index is -4.94. The first-order valence-electron chi connectivity index (χ1n) is 39.0. The Hall–Kier alpha value is -13.3. The SMILES string of the molecule is C[N+]1=C(/C=C/C=C2/N(Cc3ccc(CN4/C(=C/C=C/C5=[N+](C)c6ccc7ccc([N+](=O)[O-])cc7c6C5(C)Cc5ccccc5)C(C)(Cc5ccccc5)c5c4ccc4ccc([N+](=O)[O-])cc54)cc3)c3ccc4ccc([N+](=O)[O-])cc4c3C2(C)Cc2ccccc2)C(C)(Cc2ccccc2)c2c1ccc1ccc([N+](=O)[O-])cc21.[O-][Cl+3]([O-])([O-])[O-].[O-][Cl+3]([O-])([O-])[O-]. The first-order chi connectivity index (χ1) is 58.1. The van der Waals surface area contributed by atoms with Crippen LogP contribution in [0.1, 0.15) is 83.3 Å². The lowest BCUT2D eigenvalue weighted by Crippen LogP contribution is -2.68. The highest BCUT2D eigenvalue weighted by Gasteiger charge is 2.52. The molecule has 122 heavy (non-hydrogen) atoms.